The summed E-state index contributed by atoms with van der Waals surface area (Å²) in [4.78, 5) is 23.9. The molecular formula is C3H3N3O2S. The largest absolute Gasteiger partial charge is 0.366 e. The molecule has 0 unspecified atom stereocenters. The van der Waals surface area contributed by atoms with Gasteiger partial charge in [-0.25, -0.2) is 9.59 Å². The van der Waals surface area contributed by atoms with Crippen LogP contribution in [0.15, 0.2) is 10.3 Å². The van der Waals surface area contributed by atoms with Crippen LogP contribution in [0, 0.1) is 0 Å². The molecule has 1 heterocycles. The number of nitrogens with two attached hydrogens (primary N) is 1. The minimum atomic E-state index is -0.789. The van der Waals surface area contributed by atoms with Crippen LogP contribution < -0.4 is 11.4 Å². The third kappa shape index (κ3) is 0.968. The monoisotopic (exact) mass is 145 g/mol. The van der Waals surface area contributed by atoms with E-state index in [2.05, 4.69) is 4.98 Å². The van der Waals surface area contributed by atoms with Gasteiger partial charge in [-0.05, 0) is 11.5 Å². The zero-order valence-electron chi connectivity index (χ0n) is 4.27. The predicted molar refractivity (Wildman–Crippen MR) is 31.4 cm³/mol. The van der Waals surface area contributed by atoms with Crippen LogP contribution in [0.1, 0.15) is 0 Å². The average molecular weight is 145 g/mol. The number of aromatic nitrogens is 2. The standard InChI is InChI=1S/C3H3N3O2S/c4-2(7)6-3(8)5-1-9-6/h1H,(H2,4,7). The Morgan fingerprint density at radius 2 is 2.56 bits per heavy atom. The van der Waals surface area contributed by atoms with E-state index in [0.29, 0.717) is 0 Å². The maximum Gasteiger partial charge on any atom is 0.366 e. The average Bonchev–Trinajstić information content (AvgIpc) is 2.13. The number of primary amides is 1. The fraction of sp³-hybridized carbons (Fsp3) is 0. The molecule has 0 radical (unpaired) electrons. The van der Waals surface area contributed by atoms with E-state index in [1.54, 1.807) is 0 Å². The van der Waals surface area contributed by atoms with Gasteiger partial charge >= 0.3 is 11.7 Å². The van der Waals surface area contributed by atoms with E-state index in [0.717, 1.165) is 15.5 Å². The van der Waals surface area contributed by atoms with Gasteiger partial charge in [0.1, 0.15) is 5.51 Å². The van der Waals surface area contributed by atoms with E-state index >= 15 is 0 Å². The molecule has 1 amide bonds. The highest BCUT2D eigenvalue weighted by molar-refractivity contribution is 7.05. The van der Waals surface area contributed by atoms with Gasteiger partial charge in [0.05, 0.1) is 0 Å². The van der Waals surface area contributed by atoms with E-state index < -0.39 is 11.7 Å². The first-order valence-electron chi connectivity index (χ1n) is 2.04. The quantitative estimate of drug-likeness (QED) is 0.520. The van der Waals surface area contributed by atoms with Gasteiger partial charge in [0.2, 0.25) is 0 Å². The van der Waals surface area contributed by atoms with Crippen LogP contribution in [-0.2, 0) is 0 Å². The summed E-state index contributed by atoms with van der Waals surface area (Å²) in [5.74, 6) is 0. The van der Waals surface area contributed by atoms with Gasteiger partial charge in [0, 0.05) is 0 Å². The molecule has 1 rings (SSSR count). The Kier molecular flexibility index (Phi) is 1.31. The molecule has 2 N–H and O–H groups in total. The van der Waals surface area contributed by atoms with Crippen molar-refractivity contribution in [1.29, 1.82) is 0 Å². The molecule has 0 fully saturated rings. The number of hydrogen-bond donors (Lipinski definition) is 1. The maximum absolute atomic E-state index is 10.4. The van der Waals surface area contributed by atoms with Crippen LogP contribution in [0.5, 0.6) is 0 Å². The van der Waals surface area contributed by atoms with E-state index in [9.17, 15) is 9.59 Å². The van der Waals surface area contributed by atoms with Crippen LogP contribution in [0.25, 0.3) is 0 Å². The molecule has 1 aromatic heterocycles. The van der Waals surface area contributed by atoms with Gasteiger partial charge in [-0.3, -0.25) is 0 Å². The van der Waals surface area contributed by atoms with Crippen molar-refractivity contribution in [2.75, 3.05) is 0 Å². The lowest BCUT2D eigenvalue weighted by atomic mass is 11.0. The number of nitrogens with zero attached hydrogens (tertiary/aromatic N) is 2. The SMILES string of the molecule is NC(=O)n1scnc1=O. The lowest BCUT2D eigenvalue weighted by Crippen LogP contribution is -2.27. The van der Waals surface area contributed by atoms with Crippen molar-refractivity contribution in [2.24, 2.45) is 5.73 Å². The molecule has 0 aliphatic rings. The topological polar surface area (TPSA) is 78.0 Å². The van der Waals surface area contributed by atoms with Crippen LogP contribution in [-0.4, -0.2) is 15.0 Å². The summed E-state index contributed by atoms with van der Waals surface area (Å²) in [5, 5.41) is 0. The molecule has 0 aliphatic carbocycles. The maximum atomic E-state index is 10.4. The molecule has 0 saturated carbocycles. The Labute approximate surface area is 53.9 Å². The van der Waals surface area contributed by atoms with Crippen LogP contribution in [0.4, 0.5) is 4.79 Å². The summed E-state index contributed by atoms with van der Waals surface area (Å²) in [6.45, 7) is 0. The van der Waals surface area contributed by atoms with Gasteiger partial charge < -0.3 is 5.73 Å². The molecule has 48 valence electrons. The van der Waals surface area contributed by atoms with Gasteiger partial charge in [-0.1, -0.05) is 0 Å². The molecule has 0 aromatic carbocycles. The minimum absolute atomic E-state index is 0.618. The third-order valence-electron chi connectivity index (χ3n) is 0.690. The highest BCUT2D eigenvalue weighted by Crippen LogP contribution is 1.84. The van der Waals surface area contributed by atoms with Crippen molar-refractivity contribution in [3.63, 3.8) is 0 Å². The number of amides is 1. The molecule has 5 nitrogen and oxygen atoms in total. The lowest BCUT2D eigenvalue weighted by Gasteiger charge is -1.84. The first kappa shape index (κ1) is 5.96. The Bertz CT molecular complexity index is 275. The molecule has 0 atom stereocenters. The summed E-state index contributed by atoms with van der Waals surface area (Å²) < 4.78 is 0.764. The van der Waals surface area contributed by atoms with E-state index in [1.165, 1.54) is 5.51 Å². The molecule has 0 saturated heterocycles. The van der Waals surface area contributed by atoms with Crippen LogP contribution >= 0.6 is 11.5 Å². The van der Waals surface area contributed by atoms with Crippen LogP contribution in [0.2, 0.25) is 0 Å². The third-order valence-corrected chi connectivity index (χ3v) is 1.44. The first-order valence-corrected chi connectivity index (χ1v) is 2.88. The molecule has 0 aliphatic heterocycles. The summed E-state index contributed by atoms with van der Waals surface area (Å²) >= 11 is 0.876. The number of hydrogen-bond acceptors (Lipinski definition) is 4. The van der Waals surface area contributed by atoms with Crippen molar-refractivity contribution in [3.8, 4) is 0 Å². The Morgan fingerprint density at radius 3 is 2.78 bits per heavy atom. The van der Waals surface area contributed by atoms with Crippen molar-refractivity contribution in [3.05, 3.63) is 16.0 Å². The van der Waals surface area contributed by atoms with Gasteiger partial charge in [-0.15, -0.1) is 0 Å². The second-order valence-electron chi connectivity index (χ2n) is 1.26. The smallest absolute Gasteiger partial charge is 0.350 e. The summed E-state index contributed by atoms with van der Waals surface area (Å²) in [5.41, 5.74) is 5.39. The van der Waals surface area contributed by atoms with Crippen molar-refractivity contribution < 1.29 is 4.79 Å². The van der Waals surface area contributed by atoms with Crippen molar-refractivity contribution in [2.45, 2.75) is 0 Å². The van der Waals surface area contributed by atoms with Crippen LogP contribution in [0.3, 0.4) is 0 Å². The first-order chi connectivity index (χ1) is 4.22. The van der Waals surface area contributed by atoms with Crippen molar-refractivity contribution in [1.82, 2.24) is 8.94 Å². The Balaban J connectivity index is 3.24. The number of carbonyl (C=O) groups excluding carboxylic acids is 1. The normalized spacial score (nSPS) is 9.33. The summed E-state index contributed by atoms with van der Waals surface area (Å²) in [6.07, 6.45) is 0. The second kappa shape index (κ2) is 1.98. The zero-order valence-corrected chi connectivity index (χ0v) is 5.09. The Morgan fingerprint density at radius 1 is 1.89 bits per heavy atom. The lowest BCUT2D eigenvalue weighted by molar-refractivity contribution is 0.251. The van der Waals surface area contributed by atoms with Gasteiger partial charge in [-0.2, -0.15) is 8.94 Å². The second-order valence-corrected chi connectivity index (χ2v) is 2.04. The van der Waals surface area contributed by atoms with E-state index in [4.69, 9.17) is 5.73 Å². The molecule has 1 aromatic rings. The van der Waals surface area contributed by atoms with E-state index in [1.807, 2.05) is 0 Å². The summed E-state index contributed by atoms with van der Waals surface area (Å²) in [7, 11) is 0. The number of carbonyl (C=O) groups is 1. The van der Waals surface area contributed by atoms with Gasteiger partial charge in [0.15, 0.2) is 0 Å². The van der Waals surface area contributed by atoms with Gasteiger partial charge in [0.25, 0.3) is 0 Å². The Hall–Kier alpha value is -1.17. The number of rotatable bonds is 0. The molecule has 6 heteroatoms. The highest BCUT2D eigenvalue weighted by atomic mass is 32.1. The van der Waals surface area contributed by atoms with E-state index in [-0.39, 0.29) is 0 Å². The predicted octanol–water partition coefficient (Wildman–Crippen LogP) is -0.768. The summed E-state index contributed by atoms with van der Waals surface area (Å²) in [6, 6.07) is -0.789. The highest BCUT2D eigenvalue weighted by Gasteiger charge is 2.01. The molecule has 9 heavy (non-hydrogen) atoms. The van der Waals surface area contributed by atoms with Crippen molar-refractivity contribution >= 4 is 17.6 Å². The minimum Gasteiger partial charge on any atom is -0.350 e. The zero-order chi connectivity index (χ0) is 6.85. The molecule has 0 bridgehead atoms. The fourth-order valence-corrected chi connectivity index (χ4v) is 0.832. The molecular weight excluding hydrogens is 142 g/mol. The fourth-order valence-electron chi connectivity index (χ4n) is 0.360. The molecule has 0 spiro atoms.